The second-order valence-corrected chi connectivity index (χ2v) is 4.39. The fourth-order valence-corrected chi connectivity index (χ4v) is 1.84. The second kappa shape index (κ2) is 3.84. The zero-order chi connectivity index (χ0) is 9.97. The first kappa shape index (κ1) is 9.27. The van der Waals surface area contributed by atoms with Crippen molar-refractivity contribution in [3.05, 3.63) is 34.7 Å². The van der Waals surface area contributed by atoms with E-state index in [4.69, 9.17) is 4.42 Å². The number of aryl methyl sites for hydroxylation is 2. The number of aromatic nitrogens is 1. The van der Waals surface area contributed by atoms with Crippen LogP contribution in [0.5, 0.6) is 0 Å². The minimum Gasteiger partial charge on any atom is -0.467 e. The molecular weight excluding hydrogens is 196 g/mol. The van der Waals surface area contributed by atoms with Gasteiger partial charge >= 0.3 is 0 Å². The average molecular weight is 208 g/mol. The van der Waals surface area contributed by atoms with E-state index < -0.39 is 0 Å². The third-order valence-electron chi connectivity index (χ3n) is 1.99. The van der Waals surface area contributed by atoms with Crippen LogP contribution < -0.4 is 5.32 Å². The Morgan fingerprint density at radius 3 is 2.93 bits per heavy atom. The predicted octanol–water partition coefficient (Wildman–Crippen LogP) is 2.97. The summed E-state index contributed by atoms with van der Waals surface area (Å²) in [7, 11) is 0. The van der Waals surface area contributed by atoms with Crippen LogP contribution in [0.15, 0.2) is 22.9 Å². The number of rotatable bonds is 3. The maximum Gasteiger partial charge on any atom is 0.183 e. The molecular formula is C10H12N2OS. The van der Waals surface area contributed by atoms with E-state index in [0.717, 1.165) is 10.9 Å². The van der Waals surface area contributed by atoms with E-state index in [9.17, 15) is 0 Å². The zero-order valence-electron chi connectivity index (χ0n) is 8.20. The van der Waals surface area contributed by atoms with Gasteiger partial charge in [-0.25, -0.2) is 4.98 Å². The van der Waals surface area contributed by atoms with Gasteiger partial charge in [-0.1, -0.05) is 0 Å². The maximum atomic E-state index is 5.31. The molecule has 0 bridgehead atoms. The van der Waals surface area contributed by atoms with Crippen LogP contribution in [0.4, 0.5) is 5.13 Å². The molecule has 2 rings (SSSR count). The van der Waals surface area contributed by atoms with Gasteiger partial charge in [0.15, 0.2) is 5.13 Å². The molecule has 0 aliphatic heterocycles. The molecule has 0 aliphatic rings. The lowest BCUT2D eigenvalue weighted by Crippen LogP contribution is -1.98. The normalized spacial score (nSPS) is 10.4. The maximum absolute atomic E-state index is 5.31. The molecule has 0 unspecified atom stereocenters. The lowest BCUT2D eigenvalue weighted by atomic mass is 10.3. The molecule has 0 atom stereocenters. The van der Waals surface area contributed by atoms with Gasteiger partial charge in [0.05, 0.1) is 12.8 Å². The highest BCUT2D eigenvalue weighted by molar-refractivity contribution is 7.15. The molecule has 0 saturated carbocycles. The van der Waals surface area contributed by atoms with Crippen LogP contribution in [0.1, 0.15) is 16.2 Å². The van der Waals surface area contributed by atoms with Crippen molar-refractivity contribution in [3.8, 4) is 0 Å². The van der Waals surface area contributed by atoms with Crippen molar-refractivity contribution in [2.24, 2.45) is 0 Å². The van der Waals surface area contributed by atoms with Crippen molar-refractivity contribution >= 4 is 16.5 Å². The summed E-state index contributed by atoms with van der Waals surface area (Å²) in [6, 6.07) is 1.96. The lowest BCUT2D eigenvalue weighted by molar-refractivity contribution is 0.515. The molecule has 0 saturated heterocycles. The van der Waals surface area contributed by atoms with E-state index in [1.165, 1.54) is 10.4 Å². The summed E-state index contributed by atoms with van der Waals surface area (Å²) in [6.07, 6.45) is 3.57. The topological polar surface area (TPSA) is 38.1 Å². The molecule has 2 aromatic heterocycles. The number of hydrogen-bond acceptors (Lipinski definition) is 4. The zero-order valence-corrected chi connectivity index (χ0v) is 9.02. The molecule has 2 heterocycles. The fraction of sp³-hybridized carbons (Fsp3) is 0.300. The van der Waals surface area contributed by atoms with Crippen LogP contribution in [0, 0.1) is 13.8 Å². The van der Waals surface area contributed by atoms with Crippen molar-refractivity contribution in [3.63, 3.8) is 0 Å². The third kappa shape index (κ3) is 1.96. The molecule has 0 aromatic carbocycles. The van der Waals surface area contributed by atoms with Crippen molar-refractivity contribution in [2.75, 3.05) is 5.32 Å². The molecule has 3 nitrogen and oxygen atoms in total. The first-order chi connectivity index (χ1) is 6.75. The Kier molecular flexibility index (Phi) is 2.54. The molecule has 14 heavy (non-hydrogen) atoms. The quantitative estimate of drug-likeness (QED) is 0.842. The van der Waals surface area contributed by atoms with Crippen molar-refractivity contribution in [1.82, 2.24) is 4.98 Å². The minimum atomic E-state index is 0.700. The largest absolute Gasteiger partial charge is 0.467 e. The first-order valence-electron chi connectivity index (χ1n) is 4.45. The number of thiazole rings is 1. The van der Waals surface area contributed by atoms with E-state index in [1.54, 1.807) is 17.6 Å². The third-order valence-corrected chi connectivity index (χ3v) is 2.86. The molecule has 74 valence electrons. The molecule has 0 aliphatic carbocycles. The number of furan rings is 1. The Hall–Kier alpha value is -1.29. The van der Waals surface area contributed by atoms with Crippen LogP contribution in [0.25, 0.3) is 0 Å². The predicted molar refractivity (Wildman–Crippen MR) is 57.6 cm³/mol. The van der Waals surface area contributed by atoms with Crippen molar-refractivity contribution in [1.29, 1.82) is 0 Å². The van der Waals surface area contributed by atoms with Crippen molar-refractivity contribution in [2.45, 2.75) is 20.4 Å². The fourth-order valence-electron chi connectivity index (χ4n) is 1.18. The van der Waals surface area contributed by atoms with Gasteiger partial charge < -0.3 is 9.73 Å². The Morgan fingerprint density at radius 1 is 1.50 bits per heavy atom. The molecule has 0 amide bonds. The first-order valence-corrected chi connectivity index (χ1v) is 5.26. The Morgan fingerprint density at radius 2 is 2.36 bits per heavy atom. The standard InChI is InChI=1S/C10H12N2OS/c1-7-3-4-13-9(7)6-12-10-11-5-8(2)14-10/h3-5H,6H2,1-2H3,(H,11,12). The van der Waals surface area contributed by atoms with E-state index in [-0.39, 0.29) is 0 Å². The van der Waals surface area contributed by atoms with Crippen LogP contribution in [0.3, 0.4) is 0 Å². The molecule has 0 fully saturated rings. The van der Waals surface area contributed by atoms with Gasteiger partial charge in [0.1, 0.15) is 5.76 Å². The summed E-state index contributed by atoms with van der Waals surface area (Å²) < 4.78 is 5.31. The number of nitrogens with one attached hydrogen (secondary N) is 1. The van der Waals surface area contributed by atoms with Gasteiger partial charge in [-0.2, -0.15) is 0 Å². The van der Waals surface area contributed by atoms with Crippen LogP contribution in [0.2, 0.25) is 0 Å². The number of anilines is 1. The summed E-state index contributed by atoms with van der Waals surface area (Å²) in [5, 5.41) is 4.17. The van der Waals surface area contributed by atoms with Gasteiger partial charge in [-0.3, -0.25) is 0 Å². The van der Waals surface area contributed by atoms with Gasteiger partial charge in [0.25, 0.3) is 0 Å². The molecule has 0 spiro atoms. The SMILES string of the molecule is Cc1cnc(NCc2occc2C)s1. The van der Waals surface area contributed by atoms with Gasteiger partial charge in [0.2, 0.25) is 0 Å². The highest BCUT2D eigenvalue weighted by Crippen LogP contribution is 2.18. The molecule has 2 aromatic rings. The van der Waals surface area contributed by atoms with Gasteiger partial charge in [-0.15, -0.1) is 11.3 Å². The molecule has 4 heteroatoms. The summed E-state index contributed by atoms with van der Waals surface area (Å²) in [4.78, 5) is 5.42. The van der Waals surface area contributed by atoms with E-state index in [1.807, 2.05) is 26.1 Å². The second-order valence-electron chi connectivity index (χ2n) is 3.16. The van der Waals surface area contributed by atoms with Crippen LogP contribution in [-0.2, 0) is 6.54 Å². The van der Waals surface area contributed by atoms with Gasteiger partial charge in [-0.05, 0) is 25.5 Å². The Balaban J connectivity index is 1.98. The average Bonchev–Trinajstić information content (AvgIpc) is 2.72. The highest BCUT2D eigenvalue weighted by atomic mass is 32.1. The van der Waals surface area contributed by atoms with E-state index >= 15 is 0 Å². The summed E-state index contributed by atoms with van der Waals surface area (Å²) in [6.45, 7) is 4.78. The van der Waals surface area contributed by atoms with Gasteiger partial charge in [0, 0.05) is 11.1 Å². The Bertz CT molecular complexity index is 419. The van der Waals surface area contributed by atoms with E-state index in [0.29, 0.717) is 6.54 Å². The summed E-state index contributed by atoms with van der Waals surface area (Å²) >= 11 is 1.65. The number of nitrogens with zero attached hydrogens (tertiary/aromatic N) is 1. The van der Waals surface area contributed by atoms with Crippen molar-refractivity contribution < 1.29 is 4.42 Å². The van der Waals surface area contributed by atoms with Crippen LogP contribution in [-0.4, -0.2) is 4.98 Å². The smallest absolute Gasteiger partial charge is 0.183 e. The van der Waals surface area contributed by atoms with Crippen LogP contribution >= 0.6 is 11.3 Å². The summed E-state index contributed by atoms with van der Waals surface area (Å²) in [5.74, 6) is 0.970. The van der Waals surface area contributed by atoms with E-state index in [2.05, 4.69) is 10.3 Å². The molecule has 1 N–H and O–H groups in total. The number of hydrogen-bond donors (Lipinski definition) is 1. The lowest BCUT2D eigenvalue weighted by Gasteiger charge is -1.99. The highest BCUT2D eigenvalue weighted by Gasteiger charge is 2.02. The summed E-state index contributed by atoms with van der Waals surface area (Å²) in [5.41, 5.74) is 1.17. The molecule has 0 radical (unpaired) electrons. The minimum absolute atomic E-state index is 0.700. The monoisotopic (exact) mass is 208 g/mol. The Labute approximate surface area is 86.8 Å².